The Morgan fingerprint density at radius 1 is 0.652 bits per heavy atom. The van der Waals surface area contributed by atoms with E-state index < -0.39 is 0 Å². The van der Waals surface area contributed by atoms with Gasteiger partial charge in [-0.1, -0.05) is 96.7 Å². The Hall–Kier alpha value is -2.52. The van der Waals surface area contributed by atoms with Crippen LogP contribution in [0.4, 0.5) is 0 Å². The molecule has 0 saturated heterocycles. The van der Waals surface area contributed by atoms with E-state index in [9.17, 15) is 0 Å². The number of hydrogen-bond donors (Lipinski definition) is 1. The van der Waals surface area contributed by atoms with E-state index in [2.05, 4.69) is 71.2 Å². The molecule has 1 aliphatic rings. The fourth-order valence-electron chi connectivity index (χ4n) is 2.62. The van der Waals surface area contributed by atoms with Crippen LogP contribution in [-0.2, 0) is 0 Å². The van der Waals surface area contributed by atoms with E-state index in [0.717, 1.165) is 10.6 Å². The Kier molecular flexibility index (Phi) is 3.86. The van der Waals surface area contributed by atoms with Crippen LogP contribution in [0.3, 0.4) is 0 Å². The van der Waals surface area contributed by atoms with Crippen LogP contribution in [0, 0.1) is 0 Å². The molecular weight excluding hydrogens is 300 g/mol. The summed E-state index contributed by atoms with van der Waals surface area (Å²) in [5.41, 5.74) is 8.11. The minimum atomic E-state index is 0.176. The number of benzene rings is 3. The van der Waals surface area contributed by atoms with Crippen molar-refractivity contribution in [1.82, 2.24) is 5.43 Å². The molecule has 1 unspecified atom stereocenters. The van der Waals surface area contributed by atoms with E-state index in [1.54, 1.807) is 11.8 Å². The maximum Gasteiger partial charge on any atom is 0.126 e. The molecule has 3 aromatic carbocycles. The van der Waals surface area contributed by atoms with Gasteiger partial charge >= 0.3 is 0 Å². The zero-order valence-corrected chi connectivity index (χ0v) is 13.3. The fraction of sp³-hybridized carbons (Fsp3) is 0.0500. The lowest BCUT2D eigenvalue weighted by Gasteiger charge is -2.10. The van der Waals surface area contributed by atoms with E-state index in [0.29, 0.717) is 0 Å². The van der Waals surface area contributed by atoms with Crippen molar-refractivity contribution in [2.75, 3.05) is 0 Å². The van der Waals surface area contributed by atoms with Crippen LogP contribution in [0.25, 0.3) is 11.1 Å². The molecule has 1 N–H and O–H groups in total. The van der Waals surface area contributed by atoms with E-state index in [-0.39, 0.29) is 5.37 Å². The molecule has 3 aromatic rings. The molecule has 0 aliphatic carbocycles. The lowest BCUT2D eigenvalue weighted by atomic mass is 10.0. The minimum Gasteiger partial charge on any atom is -0.291 e. The summed E-state index contributed by atoms with van der Waals surface area (Å²) in [6.45, 7) is 0. The zero-order valence-electron chi connectivity index (χ0n) is 12.5. The van der Waals surface area contributed by atoms with Gasteiger partial charge in [-0.2, -0.15) is 5.10 Å². The highest BCUT2D eigenvalue weighted by Gasteiger charge is 2.21. The van der Waals surface area contributed by atoms with Gasteiger partial charge in [-0.3, -0.25) is 5.43 Å². The van der Waals surface area contributed by atoms with Crippen molar-refractivity contribution in [3.8, 4) is 11.1 Å². The predicted molar refractivity (Wildman–Crippen MR) is 98.3 cm³/mol. The quantitative estimate of drug-likeness (QED) is 0.731. The SMILES string of the molecule is c1ccc(C2=NNC(c3ccc(-c4ccccc4)cc3)S2)cc1. The summed E-state index contributed by atoms with van der Waals surface area (Å²) in [5.74, 6) is 0. The first-order valence-corrected chi connectivity index (χ1v) is 8.49. The highest BCUT2D eigenvalue weighted by Crippen LogP contribution is 2.34. The standard InChI is InChI=1S/C20H16N2S/c1-3-7-15(8-4-1)16-11-13-18(14-12-16)20-22-21-19(23-20)17-9-5-2-6-10-17/h1-14,20,22H. The topological polar surface area (TPSA) is 24.4 Å². The molecule has 0 amide bonds. The van der Waals surface area contributed by atoms with Crippen molar-refractivity contribution in [2.45, 2.75) is 5.37 Å². The number of hydrazone groups is 1. The summed E-state index contributed by atoms with van der Waals surface area (Å²) in [7, 11) is 0. The molecule has 0 radical (unpaired) electrons. The molecule has 3 heteroatoms. The molecule has 112 valence electrons. The van der Waals surface area contributed by atoms with Gasteiger partial charge in [-0.25, -0.2) is 0 Å². The molecule has 1 atom stereocenters. The van der Waals surface area contributed by atoms with Crippen molar-refractivity contribution >= 4 is 16.8 Å². The van der Waals surface area contributed by atoms with E-state index in [1.807, 2.05) is 24.3 Å². The molecule has 1 aliphatic heterocycles. The molecule has 1 heterocycles. The Bertz CT molecular complexity index is 811. The maximum atomic E-state index is 4.47. The number of nitrogens with zero attached hydrogens (tertiary/aromatic N) is 1. The Morgan fingerprint density at radius 3 is 1.87 bits per heavy atom. The van der Waals surface area contributed by atoms with Crippen molar-refractivity contribution in [3.63, 3.8) is 0 Å². The summed E-state index contributed by atoms with van der Waals surface area (Å²) >= 11 is 1.76. The second-order valence-electron chi connectivity index (χ2n) is 5.40. The predicted octanol–water partition coefficient (Wildman–Crippen LogP) is 5.05. The summed E-state index contributed by atoms with van der Waals surface area (Å²) in [5, 5.41) is 5.69. The van der Waals surface area contributed by atoms with Crippen LogP contribution in [-0.4, -0.2) is 5.04 Å². The Balaban J connectivity index is 1.50. The highest BCUT2D eigenvalue weighted by atomic mass is 32.2. The highest BCUT2D eigenvalue weighted by molar-refractivity contribution is 8.14. The number of hydrogen-bond acceptors (Lipinski definition) is 3. The van der Waals surface area contributed by atoms with Gasteiger partial charge in [-0.05, 0) is 16.7 Å². The lowest BCUT2D eigenvalue weighted by molar-refractivity contribution is 0.744. The van der Waals surface area contributed by atoms with Gasteiger partial charge in [0.05, 0.1) is 0 Å². The largest absolute Gasteiger partial charge is 0.291 e. The van der Waals surface area contributed by atoms with Gasteiger partial charge in [0, 0.05) is 5.56 Å². The van der Waals surface area contributed by atoms with Crippen molar-refractivity contribution in [3.05, 3.63) is 96.1 Å². The Labute approximate surface area is 140 Å². The van der Waals surface area contributed by atoms with Gasteiger partial charge in [0.25, 0.3) is 0 Å². The average molecular weight is 316 g/mol. The fourth-order valence-corrected chi connectivity index (χ4v) is 3.62. The van der Waals surface area contributed by atoms with Crippen molar-refractivity contribution in [1.29, 1.82) is 0 Å². The molecule has 2 nitrogen and oxygen atoms in total. The molecule has 0 fully saturated rings. The van der Waals surface area contributed by atoms with Gasteiger partial charge in [0.1, 0.15) is 10.4 Å². The van der Waals surface area contributed by atoms with Gasteiger partial charge in [0.15, 0.2) is 0 Å². The lowest BCUT2D eigenvalue weighted by Crippen LogP contribution is -2.06. The smallest absolute Gasteiger partial charge is 0.126 e. The minimum absolute atomic E-state index is 0.176. The van der Waals surface area contributed by atoms with Crippen LogP contribution in [0.2, 0.25) is 0 Å². The van der Waals surface area contributed by atoms with E-state index >= 15 is 0 Å². The molecule has 0 spiro atoms. The van der Waals surface area contributed by atoms with Crippen LogP contribution in [0.5, 0.6) is 0 Å². The zero-order chi connectivity index (χ0) is 15.5. The molecule has 0 aromatic heterocycles. The second-order valence-corrected chi connectivity index (χ2v) is 6.49. The number of nitrogens with one attached hydrogen (secondary N) is 1. The Morgan fingerprint density at radius 2 is 1.22 bits per heavy atom. The van der Waals surface area contributed by atoms with Gasteiger partial charge < -0.3 is 0 Å². The van der Waals surface area contributed by atoms with E-state index in [4.69, 9.17) is 0 Å². The molecule has 4 rings (SSSR count). The maximum absolute atomic E-state index is 4.47. The molecule has 23 heavy (non-hydrogen) atoms. The third-order valence-electron chi connectivity index (χ3n) is 3.85. The summed E-state index contributed by atoms with van der Waals surface area (Å²) in [4.78, 5) is 0. The van der Waals surface area contributed by atoms with Gasteiger partial charge in [-0.15, -0.1) is 0 Å². The summed E-state index contributed by atoms with van der Waals surface area (Å²) in [6, 6.07) is 29.4. The van der Waals surface area contributed by atoms with Crippen LogP contribution in [0.15, 0.2) is 90.0 Å². The second kappa shape index (κ2) is 6.31. The van der Waals surface area contributed by atoms with Crippen LogP contribution >= 0.6 is 11.8 Å². The normalized spacial score (nSPS) is 16.7. The third kappa shape index (κ3) is 3.01. The average Bonchev–Trinajstić information content (AvgIpc) is 3.14. The monoisotopic (exact) mass is 316 g/mol. The number of rotatable bonds is 3. The molecular formula is C20H16N2S. The first-order valence-electron chi connectivity index (χ1n) is 7.61. The van der Waals surface area contributed by atoms with Crippen LogP contribution < -0.4 is 5.43 Å². The first-order chi connectivity index (χ1) is 11.4. The number of thioether (sulfide) groups is 1. The van der Waals surface area contributed by atoms with Crippen LogP contribution in [0.1, 0.15) is 16.5 Å². The van der Waals surface area contributed by atoms with Gasteiger partial charge in [0.2, 0.25) is 0 Å². The van der Waals surface area contributed by atoms with Crippen molar-refractivity contribution < 1.29 is 0 Å². The first kappa shape index (κ1) is 14.1. The van der Waals surface area contributed by atoms with E-state index in [1.165, 1.54) is 16.7 Å². The molecule has 0 bridgehead atoms. The van der Waals surface area contributed by atoms with Crippen molar-refractivity contribution in [2.24, 2.45) is 5.10 Å². The third-order valence-corrected chi connectivity index (χ3v) is 5.02. The summed E-state index contributed by atoms with van der Waals surface area (Å²) < 4.78 is 0. The molecule has 0 saturated carbocycles. The summed E-state index contributed by atoms with van der Waals surface area (Å²) in [6.07, 6.45) is 0.